The fourth-order valence-electron chi connectivity index (χ4n) is 3.70. The first kappa shape index (κ1) is 17.2. The summed E-state index contributed by atoms with van der Waals surface area (Å²) in [5.41, 5.74) is 5.60. The minimum Gasteiger partial charge on any atom is -0.463 e. The van der Waals surface area contributed by atoms with Gasteiger partial charge in [0, 0.05) is 40.2 Å². The lowest BCUT2D eigenvalue weighted by molar-refractivity contribution is -0.106. The average molecular weight is 372 g/mol. The number of aldehydes is 1. The van der Waals surface area contributed by atoms with Crippen molar-refractivity contribution < 1.29 is 9.53 Å². The van der Waals surface area contributed by atoms with E-state index in [1.54, 1.807) is 0 Å². The number of anilines is 1. The van der Waals surface area contributed by atoms with Crippen LogP contribution in [-0.2, 0) is 11.2 Å². The third kappa shape index (κ3) is 3.12. The molecule has 1 unspecified atom stereocenters. The van der Waals surface area contributed by atoms with E-state index in [4.69, 9.17) is 16.3 Å². The molecule has 2 aromatic rings. The minimum atomic E-state index is 0.326. The van der Waals surface area contributed by atoms with E-state index in [-0.39, 0.29) is 0 Å². The number of nitrogens with zero attached hydrogens (tertiary/aromatic N) is 3. The molecule has 1 aromatic carbocycles. The summed E-state index contributed by atoms with van der Waals surface area (Å²) in [6, 6.07) is 5.01. The Morgan fingerprint density at radius 2 is 2.19 bits per heavy atom. The smallest absolute Gasteiger partial charge is 0.139 e. The van der Waals surface area contributed by atoms with Gasteiger partial charge in [0.05, 0.1) is 18.8 Å². The van der Waals surface area contributed by atoms with Gasteiger partial charge in [0.1, 0.15) is 18.3 Å². The number of aromatic nitrogens is 2. The fourth-order valence-corrected chi connectivity index (χ4v) is 3.76. The Balaban J connectivity index is 1.80. The van der Waals surface area contributed by atoms with Gasteiger partial charge < -0.3 is 14.4 Å². The zero-order chi connectivity index (χ0) is 18.1. The van der Waals surface area contributed by atoms with Gasteiger partial charge in [-0.25, -0.2) is 0 Å². The van der Waals surface area contributed by atoms with Crippen molar-refractivity contribution in [3.8, 4) is 16.9 Å². The topological polar surface area (TPSA) is 47.4 Å². The first-order valence-electron chi connectivity index (χ1n) is 9.05. The van der Waals surface area contributed by atoms with Crippen molar-refractivity contribution in [1.29, 1.82) is 0 Å². The second-order valence-corrected chi connectivity index (χ2v) is 7.22. The largest absolute Gasteiger partial charge is 0.463 e. The maximum Gasteiger partial charge on any atom is 0.139 e. The molecule has 6 heteroatoms. The van der Waals surface area contributed by atoms with Crippen LogP contribution in [0.3, 0.4) is 0 Å². The molecular formula is C20H22ClN3O2. The van der Waals surface area contributed by atoms with Crippen LogP contribution < -0.4 is 9.64 Å². The fraction of sp³-hybridized carbons (Fsp3) is 0.400. The molecule has 0 spiro atoms. The van der Waals surface area contributed by atoms with Crippen LogP contribution in [0, 0.1) is 0 Å². The van der Waals surface area contributed by atoms with Gasteiger partial charge in [0.2, 0.25) is 0 Å². The molecule has 1 fully saturated rings. The Morgan fingerprint density at radius 3 is 2.92 bits per heavy atom. The molecule has 5 nitrogen and oxygen atoms in total. The van der Waals surface area contributed by atoms with E-state index in [0.29, 0.717) is 18.6 Å². The van der Waals surface area contributed by atoms with Crippen LogP contribution in [0.1, 0.15) is 37.8 Å². The number of ether oxygens (including phenoxy) is 1. The summed E-state index contributed by atoms with van der Waals surface area (Å²) in [6.45, 7) is 2.54. The van der Waals surface area contributed by atoms with E-state index < -0.39 is 0 Å². The quantitative estimate of drug-likeness (QED) is 0.560. The summed E-state index contributed by atoms with van der Waals surface area (Å²) in [5, 5.41) is 4.50. The van der Waals surface area contributed by atoms with E-state index in [0.717, 1.165) is 47.3 Å². The van der Waals surface area contributed by atoms with Crippen LogP contribution in [0.2, 0.25) is 0 Å². The molecule has 2 aliphatic rings. The van der Waals surface area contributed by atoms with Crippen LogP contribution in [-0.4, -0.2) is 28.7 Å². The second kappa shape index (κ2) is 7.16. The van der Waals surface area contributed by atoms with Gasteiger partial charge >= 0.3 is 0 Å². The Morgan fingerprint density at radius 1 is 1.35 bits per heavy atom. The zero-order valence-corrected chi connectivity index (χ0v) is 15.5. The van der Waals surface area contributed by atoms with Gasteiger partial charge in [-0.3, -0.25) is 4.68 Å². The molecule has 1 aliphatic carbocycles. The lowest BCUT2D eigenvalue weighted by Gasteiger charge is -2.36. The molecule has 0 bridgehead atoms. The highest BCUT2D eigenvalue weighted by atomic mass is 35.5. The minimum absolute atomic E-state index is 0.326. The van der Waals surface area contributed by atoms with Crippen molar-refractivity contribution >= 4 is 23.6 Å². The molecule has 4 rings (SSSR count). The normalized spacial score (nSPS) is 19.6. The van der Waals surface area contributed by atoms with Crippen molar-refractivity contribution in [3.63, 3.8) is 0 Å². The van der Waals surface area contributed by atoms with Gasteiger partial charge in [-0.2, -0.15) is 5.10 Å². The Labute approximate surface area is 158 Å². The molecule has 0 N–H and O–H groups in total. The van der Waals surface area contributed by atoms with Crippen LogP contribution >= 0.6 is 11.6 Å². The molecule has 0 amide bonds. The number of fused-ring (bicyclic) bond motifs is 1. The summed E-state index contributed by atoms with van der Waals surface area (Å²) in [7, 11) is 0. The highest BCUT2D eigenvalue weighted by Gasteiger charge is 2.28. The van der Waals surface area contributed by atoms with Gasteiger partial charge in [0.15, 0.2) is 0 Å². The maximum absolute atomic E-state index is 11.1. The molecule has 0 saturated heterocycles. The summed E-state index contributed by atoms with van der Waals surface area (Å²) in [6.07, 6.45) is 10.7. The first-order valence-corrected chi connectivity index (χ1v) is 9.49. The van der Waals surface area contributed by atoms with Crippen LogP contribution in [0.5, 0.6) is 5.75 Å². The standard InChI is InChI=1S/C20H22ClN3O2/c1-14-2-5-18-19(23(14)9-10-25)7-6-17(20(18)26-11-8-21)15-12-22-24(13-15)16-3-4-16/h6-8,10-14,16H,2-5,9H2,1H3. The van der Waals surface area contributed by atoms with E-state index in [9.17, 15) is 4.79 Å². The predicted octanol–water partition coefficient (Wildman–Crippen LogP) is 4.31. The monoisotopic (exact) mass is 371 g/mol. The Hall–Kier alpha value is -2.27. The molecule has 2 heterocycles. The van der Waals surface area contributed by atoms with Gasteiger partial charge in [-0.1, -0.05) is 11.6 Å². The van der Waals surface area contributed by atoms with Crippen molar-refractivity contribution in [3.05, 3.63) is 41.9 Å². The van der Waals surface area contributed by atoms with Crippen molar-refractivity contribution in [1.82, 2.24) is 9.78 Å². The van der Waals surface area contributed by atoms with Crippen LogP contribution in [0.4, 0.5) is 5.69 Å². The second-order valence-electron chi connectivity index (χ2n) is 6.97. The number of hydrogen-bond donors (Lipinski definition) is 0. The maximum atomic E-state index is 11.1. The van der Waals surface area contributed by atoms with E-state index in [1.807, 2.05) is 10.9 Å². The molecule has 1 aliphatic heterocycles. The number of carbonyl (C=O) groups excluding carboxylic acids is 1. The molecule has 26 heavy (non-hydrogen) atoms. The third-order valence-corrected chi connectivity index (χ3v) is 5.33. The lowest BCUT2D eigenvalue weighted by Crippen LogP contribution is -2.38. The Bertz CT molecular complexity index is 842. The Kier molecular flexibility index (Phi) is 4.72. The molecule has 1 aromatic heterocycles. The number of halogens is 1. The highest BCUT2D eigenvalue weighted by Crippen LogP contribution is 2.43. The van der Waals surface area contributed by atoms with Crippen LogP contribution in [0.15, 0.2) is 36.3 Å². The molecule has 0 radical (unpaired) electrons. The number of hydrogen-bond acceptors (Lipinski definition) is 4. The van der Waals surface area contributed by atoms with Gasteiger partial charge in [0.25, 0.3) is 0 Å². The predicted molar refractivity (Wildman–Crippen MR) is 103 cm³/mol. The number of benzene rings is 1. The number of carbonyl (C=O) groups is 1. The molecule has 1 atom stereocenters. The SMILES string of the molecule is CC1CCc2c(ccc(-c3cnn(C4CC4)c3)c2OC=CCl)N1CC=O. The van der Waals surface area contributed by atoms with E-state index >= 15 is 0 Å². The highest BCUT2D eigenvalue weighted by molar-refractivity contribution is 6.25. The van der Waals surface area contributed by atoms with Crippen molar-refractivity contribution in [2.75, 3.05) is 11.4 Å². The van der Waals surface area contributed by atoms with E-state index in [1.165, 1.54) is 24.6 Å². The van der Waals surface area contributed by atoms with Crippen LogP contribution in [0.25, 0.3) is 11.1 Å². The third-order valence-electron chi connectivity index (χ3n) is 5.23. The zero-order valence-electron chi connectivity index (χ0n) is 14.8. The van der Waals surface area contributed by atoms with E-state index in [2.05, 4.69) is 35.3 Å². The van der Waals surface area contributed by atoms with Gasteiger partial charge in [-0.15, -0.1) is 0 Å². The van der Waals surface area contributed by atoms with Crippen molar-refractivity contribution in [2.24, 2.45) is 0 Å². The molecule has 136 valence electrons. The average Bonchev–Trinajstić information content (AvgIpc) is 3.39. The lowest BCUT2D eigenvalue weighted by atomic mass is 9.92. The number of rotatable bonds is 6. The summed E-state index contributed by atoms with van der Waals surface area (Å²) >= 11 is 5.71. The van der Waals surface area contributed by atoms with Gasteiger partial charge in [-0.05, 0) is 44.7 Å². The summed E-state index contributed by atoms with van der Waals surface area (Å²) < 4.78 is 7.96. The molecule has 1 saturated carbocycles. The first-order chi connectivity index (χ1) is 12.7. The summed E-state index contributed by atoms with van der Waals surface area (Å²) in [5.74, 6) is 0.803. The summed E-state index contributed by atoms with van der Waals surface area (Å²) in [4.78, 5) is 13.3. The molecular weight excluding hydrogens is 350 g/mol. The van der Waals surface area contributed by atoms with Crippen molar-refractivity contribution in [2.45, 2.75) is 44.7 Å².